The Labute approximate surface area is 87.8 Å². The van der Waals surface area contributed by atoms with Crippen molar-refractivity contribution in [3.05, 3.63) is 28.3 Å². The van der Waals surface area contributed by atoms with Gasteiger partial charge in [-0.2, -0.15) is 0 Å². The number of hydrogen-bond donors (Lipinski definition) is 1. The normalized spacial score (nSPS) is 9.93. The molecule has 1 aromatic carbocycles. The van der Waals surface area contributed by atoms with Crippen LogP contribution in [0.2, 0.25) is 5.02 Å². The molecule has 3 nitrogen and oxygen atoms in total. The van der Waals surface area contributed by atoms with Crippen LogP contribution in [0, 0.1) is 6.92 Å². The Kier molecular flexibility index (Phi) is 3.36. The fourth-order valence-electron chi connectivity index (χ4n) is 1.11. The molecule has 0 aliphatic heterocycles. The average Bonchev–Trinajstić information content (AvgIpc) is 2.13. The fraction of sp³-hybridized carbons (Fsp3) is 0.300. The zero-order valence-electron chi connectivity index (χ0n) is 8.13. The molecule has 0 unspecified atom stereocenters. The molecule has 0 saturated heterocycles. The van der Waals surface area contributed by atoms with Crippen molar-refractivity contribution in [2.24, 2.45) is 0 Å². The van der Waals surface area contributed by atoms with E-state index in [1.807, 2.05) is 6.92 Å². The Hall–Kier alpha value is -1.22. The monoisotopic (exact) mass is 213 g/mol. The molecular formula is C10H12ClNO2. The molecule has 0 fully saturated rings. The SMILES string of the molecule is CCOC(=O)c1c(Cl)ccc(C)c1N. The Bertz CT molecular complexity index is 363. The van der Waals surface area contributed by atoms with E-state index in [-0.39, 0.29) is 5.56 Å². The first-order valence-corrected chi connectivity index (χ1v) is 4.67. The number of nitrogens with two attached hydrogens (primary N) is 1. The van der Waals surface area contributed by atoms with Crippen molar-refractivity contribution in [3.63, 3.8) is 0 Å². The molecule has 0 amide bonds. The maximum Gasteiger partial charge on any atom is 0.341 e. The summed E-state index contributed by atoms with van der Waals surface area (Å²) in [4.78, 5) is 11.5. The van der Waals surface area contributed by atoms with Crippen molar-refractivity contribution >= 4 is 23.3 Å². The molecule has 14 heavy (non-hydrogen) atoms. The van der Waals surface area contributed by atoms with Crippen LogP contribution in [0.4, 0.5) is 5.69 Å². The van der Waals surface area contributed by atoms with Gasteiger partial charge in [0, 0.05) is 0 Å². The van der Waals surface area contributed by atoms with Gasteiger partial charge in [-0.1, -0.05) is 17.7 Å². The number of nitrogen functional groups attached to an aromatic ring is 1. The van der Waals surface area contributed by atoms with Crippen LogP contribution in [0.15, 0.2) is 12.1 Å². The highest BCUT2D eigenvalue weighted by molar-refractivity contribution is 6.34. The Morgan fingerprint density at radius 3 is 2.79 bits per heavy atom. The standard InChI is InChI=1S/C10H12ClNO2/c1-3-14-10(13)8-7(11)5-4-6(2)9(8)12/h4-5H,3,12H2,1-2H3. The van der Waals surface area contributed by atoms with E-state index < -0.39 is 5.97 Å². The molecule has 0 atom stereocenters. The molecule has 0 aromatic heterocycles. The predicted octanol–water partition coefficient (Wildman–Crippen LogP) is 2.41. The lowest BCUT2D eigenvalue weighted by Crippen LogP contribution is -2.09. The molecule has 2 N–H and O–H groups in total. The third kappa shape index (κ3) is 1.99. The highest BCUT2D eigenvalue weighted by atomic mass is 35.5. The summed E-state index contributed by atoms with van der Waals surface area (Å²) >= 11 is 5.85. The summed E-state index contributed by atoms with van der Waals surface area (Å²) in [6.45, 7) is 3.86. The second-order valence-corrected chi connectivity index (χ2v) is 3.28. The van der Waals surface area contributed by atoms with Gasteiger partial charge in [-0.25, -0.2) is 4.79 Å². The number of anilines is 1. The number of rotatable bonds is 2. The predicted molar refractivity (Wildman–Crippen MR) is 56.6 cm³/mol. The number of carbonyl (C=O) groups excluding carboxylic acids is 1. The quantitative estimate of drug-likeness (QED) is 0.606. The van der Waals surface area contributed by atoms with Crippen molar-refractivity contribution in [1.82, 2.24) is 0 Å². The van der Waals surface area contributed by atoms with Gasteiger partial charge in [-0.05, 0) is 25.5 Å². The van der Waals surface area contributed by atoms with E-state index >= 15 is 0 Å². The molecule has 0 spiro atoms. The highest BCUT2D eigenvalue weighted by Gasteiger charge is 2.16. The van der Waals surface area contributed by atoms with E-state index in [4.69, 9.17) is 22.1 Å². The molecular weight excluding hydrogens is 202 g/mol. The zero-order chi connectivity index (χ0) is 10.7. The first-order chi connectivity index (χ1) is 6.57. The van der Waals surface area contributed by atoms with Crippen LogP contribution in [0.25, 0.3) is 0 Å². The first kappa shape index (κ1) is 10.9. The summed E-state index contributed by atoms with van der Waals surface area (Å²) in [6.07, 6.45) is 0. The summed E-state index contributed by atoms with van der Waals surface area (Å²) < 4.78 is 4.84. The van der Waals surface area contributed by atoms with E-state index in [2.05, 4.69) is 0 Å². The number of hydrogen-bond acceptors (Lipinski definition) is 3. The van der Waals surface area contributed by atoms with Gasteiger partial charge in [0.2, 0.25) is 0 Å². The number of ether oxygens (including phenoxy) is 1. The lowest BCUT2D eigenvalue weighted by atomic mass is 10.1. The van der Waals surface area contributed by atoms with Crippen molar-refractivity contribution in [3.8, 4) is 0 Å². The van der Waals surface area contributed by atoms with Gasteiger partial charge in [0.25, 0.3) is 0 Å². The molecule has 0 radical (unpaired) electrons. The van der Waals surface area contributed by atoms with Crippen LogP contribution in [-0.2, 0) is 4.74 Å². The van der Waals surface area contributed by atoms with Crippen LogP contribution >= 0.6 is 11.6 Å². The maximum absolute atomic E-state index is 11.5. The molecule has 0 aliphatic rings. The van der Waals surface area contributed by atoms with E-state index in [0.717, 1.165) is 5.56 Å². The lowest BCUT2D eigenvalue weighted by Gasteiger charge is -2.09. The van der Waals surface area contributed by atoms with Gasteiger partial charge in [0.05, 0.1) is 17.3 Å². The number of benzene rings is 1. The van der Waals surface area contributed by atoms with Crippen molar-refractivity contribution in [2.75, 3.05) is 12.3 Å². The molecule has 0 aliphatic carbocycles. The van der Waals surface area contributed by atoms with Gasteiger partial charge in [-0.3, -0.25) is 0 Å². The number of esters is 1. The summed E-state index contributed by atoms with van der Waals surface area (Å²) in [6, 6.07) is 3.40. The van der Waals surface area contributed by atoms with Gasteiger partial charge in [0.1, 0.15) is 5.56 Å². The highest BCUT2D eigenvalue weighted by Crippen LogP contribution is 2.25. The molecule has 4 heteroatoms. The summed E-state index contributed by atoms with van der Waals surface area (Å²) in [5, 5.41) is 0.326. The smallest absolute Gasteiger partial charge is 0.341 e. The van der Waals surface area contributed by atoms with Crippen LogP contribution in [0.1, 0.15) is 22.8 Å². The van der Waals surface area contributed by atoms with Crippen LogP contribution in [0.5, 0.6) is 0 Å². The molecule has 1 aromatic rings. The van der Waals surface area contributed by atoms with Gasteiger partial charge in [-0.15, -0.1) is 0 Å². The van der Waals surface area contributed by atoms with Crippen LogP contribution in [0.3, 0.4) is 0 Å². The number of aryl methyl sites for hydroxylation is 1. The maximum atomic E-state index is 11.5. The van der Waals surface area contributed by atoms with E-state index in [1.165, 1.54) is 0 Å². The Morgan fingerprint density at radius 2 is 2.21 bits per heavy atom. The number of carbonyl (C=O) groups is 1. The Morgan fingerprint density at radius 1 is 1.57 bits per heavy atom. The second-order valence-electron chi connectivity index (χ2n) is 2.87. The van der Waals surface area contributed by atoms with Crippen LogP contribution in [-0.4, -0.2) is 12.6 Å². The van der Waals surface area contributed by atoms with Crippen molar-refractivity contribution in [2.45, 2.75) is 13.8 Å². The van der Waals surface area contributed by atoms with Gasteiger partial charge in [0.15, 0.2) is 0 Å². The minimum absolute atomic E-state index is 0.258. The third-order valence-corrected chi connectivity index (χ3v) is 2.21. The molecule has 1 rings (SSSR count). The largest absolute Gasteiger partial charge is 0.462 e. The Balaban J connectivity index is 3.18. The lowest BCUT2D eigenvalue weighted by molar-refractivity contribution is 0.0528. The van der Waals surface area contributed by atoms with E-state index in [1.54, 1.807) is 19.1 Å². The molecule has 76 valence electrons. The zero-order valence-corrected chi connectivity index (χ0v) is 8.89. The van der Waals surface area contributed by atoms with Crippen LogP contribution < -0.4 is 5.73 Å². The summed E-state index contributed by atoms with van der Waals surface area (Å²) in [5.74, 6) is -0.473. The number of halogens is 1. The second kappa shape index (κ2) is 4.33. The van der Waals surface area contributed by atoms with Gasteiger partial charge < -0.3 is 10.5 Å². The molecule has 0 bridgehead atoms. The minimum Gasteiger partial charge on any atom is -0.462 e. The summed E-state index contributed by atoms with van der Waals surface area (Å²) in [5.41, 5.74) is 7.19. The van der Waals surface area contributed by atoms with E-state index in [0.29, 0.717) is 17.3 Å². The molecule has 0 heterocycles. The topological polar surface area (TPSA) is 52.3 Å². The first-order valence-electron chi connectivity index (χ1n) is 4.29. The van der Waals surface area contributed by atoms with Gasteiger partial charge >= 0.3 is 5.97 Å². The third-order valence-electron chi connectivity index (χ3n) is 1.89. The summed E-state index contributed by atoms with van der Waals surface area (Å²) in [7, 11) is 0. The average molecular weight is 214 g/mol. The van der Waals surface area contributed by atoms with Crippen molar-refractivity contribution in [1.29, 1.82) is 0 Å². The molecule has 0 saturated carbocycles. The fourth-order valence-corrected chi connectivity index (χ4v) is 1.35. The van der Waals surface area contributed by atoms with Crippen molar-refractivity contribution < 1.29 is 9.53 Å². The van der Waals surface area contributed by atoms with E-state index in [9.17, 15) is 4.79 Å². The minimum atomic E-state index is -0.473.